The number of pyridine rings is 1. The van der Waals surface area contributed by atoms with Gasteiger partial charge in [0, 0.05) is 24.4 Å². The third kappa shape index (κ3) is 3.81. The van der Waals surface area contributed by atoms with Crippen LogP contribution in [0.5, 0.6) is 0 Å². The minimum atomic E-state index is -4.32. The molecule has 1 atom stereocenters. The second-order valence-electron chi connectivity index (χ2n) is 3.79. The molecule has 0 saturated carbocycles. The van der Waals surface area contributed by atoms with Crippen LogP contribution in [0.4, 0.5) is 13.2 Å². The first-order valence-corrected chi connectivity index (χ1v) is 5.21. The van der Waals surface area contributed by atoms with E-state index in [0.717, 1.165) is 25.1 Å². The summed E-state index contributed by atoms with van der Waals surface area (Å²) in [5.74, 6) is 0. The predicted octanol–water partition coefficient (Wildman–Crippen LogP) is 2.77. The highest BCUT2D eigenvalue weighted by atomic mass is 19.4. The smallest absolute Gasteiger partial charge is 0.327 e. The maximum absolute atomic E-state index is 12.2. The summed E-state index contributed by atoms with van der Waals surface area (Å²) in [7, 11) is 0. The highest BCUT2D eigenvalue weighted by Crippen LogP contribution is 2.28. The Morgan fingerprint density at radius 2 is 2.06 bits per heavy atom. The van der Waals surface area contributed by atoms with E-state index in [-0.39, 0.29) is 6.04 Å². The minimum absolute atomic E-state index is 0.0331. The molecule has 1 unspecified atom stereocenters. The van der Waals surface area contributed by atoms with Crippen LogP contribution in [-0.2, 0) is 12.6 Å². The van der Waals surface area contributed by atoms with E-state index < -0.39 is 11.7 Å². The number of hydrogen-bond acceptors (Lipinski definition) is 2. The molecule has 0 fully saturated rings. The number of rotatable bonds is 4. The summed E-state index contributed by atoms with van der Waals surface area (Å²) in [6, 6.07) is 2.40. The van der Waals surface area contributed by atoms with Gasteiger partial charge >= 0.3 is 6.18 Å². The van der Waals surface area contributed by atoms with Gasteiger partial charge in [-0.3, -0.25) is 4.98 Å². The molecule has 1 aromatic rings. The summed E-state index contributed by atoms with van der Waals surface area (Å²) in [5.41, 5.74) is 5.66. The maximum Gasteiger partial charge on any atom is 0.417 e. The molecule has 0 spiro atoms. The van der Waals surface area contributed by atoms with Gasteiger partial charge in [-0.05, 0) is 18.6 Å². The number of nitrogens with two attached hydrogens (primary N) is 1. The third-order valence-electron chi connectivity index (χ3n) is 2.28. The zero-order valence-electron chi connectivity index (χ0n) is 9.09. The lowest BCUT2D eigenvalue weighted by molar-refractivity contribution is -0.137. The molecular weight excluding hydrogens is 217 g/mol. The van der Waals surface area contributed by atoms with Gasteiger partial charge in [0.1, 0.15) is 0 Å². The fraction of sp³-hybridized carbons (Fsp3) is 0.545. The maximum atomic E-state index is 12.2. The molecule has 0 radical (unpaired) electrons. The number of nitrogens with zero attached hydrogens (tertiary/aromatic N) is 1. The van der Waals surface area contributed by atoms with E-state index in [0.29, 0.717) is 12.1 Å². The average molecular weight is 232 g/mol. The summed E-state index contributed by atoms with van der Waals surface area (Å²) in [5, 5.41) is 0. The molecule has 1 heterocycles. The van der Waals surface area contributed by atoms with Gasteiger partial charge in [0.05, 0.1) is 5.56 Å². The van der Waals surface area contributed by atoms with Crippen molar-refractivity contribution >= 4 is 0 Å². The Morgan fingerprint density at radius 3 is 2.50 bits per heavy atom. The molecule has 0 aliphatic heterocycles. The van der Waals surface area contributed by atoms with Crippen LogP contribution in [0.1, 0.15) is 31.0 Å². The van der Waals surface area contributed by atoms with Crippen LogP contribution in [0, 0.1) is 0 Å². The van der Waals surface area contributed by atoms with Crippen molar-refractivity contribution in [2.45, 2.75) is 38.4 Å². The minimum Gasteiger partial charge on any atom is -0.327 e. The molecule has 0 aliphatic rings. The van der Waals surface area contributed by atoms with E-state index in [2.05, 4.69) is 4.98 Å². The lowest BCUT2D eigenvalue weighted by atomic mass is 10.1. The normalized spacial score (nSPS) is 13.8. The molecule has 0 aromatic carbocycles. The van der Waals surface area contributed by atoms with Crippen molar-refractivity contribution in [1.82, 2.24) is 4.98 Å². The SMILES string of the molecule is CCCC(N)Cc1ccc(C(F)(F)F)cn1. The Kier molecular flexibility index (Phi) is 4.29. The molecule has 2 N–H and O–H groups in total. The van der Waals surface area contributed by atoms with Gasteiger partial charge in [-0.15, -0.1) is 0 Å². The molecule has 0 amide bonds. The lowest BCUT2D eigenvalue weighted by Gasteiger charge is -2.10. The molecule has 0 saturated heterocycles. The van der Waals surface area contributed by atoms with Crippen molar-refractivity contribution in [2.24, 2.45) is 5.73 Å². The van der Waals surface area contributed by atoms with Gasteiger partial charge in [-0.2, -0.15) is 13.2 Å². The third-order valence-corrected chi connectivity index (χ3v) is 2.28. The zero-order chi connectivity index (χ0) is 12.2. The van der Waals surface area contributed by atoms with Crippen molar-refractivity contribution < 1.29 is 13.2 Å². The Labute approximate surface area is 92.7 Å². The molecule has 1 aromatic heterocycles. The first-order chi connectivity index (χ1) is 7.43. The Hall–Kier alpha value is -1.10. The van der Waals surface area contributed by atoms with Crippen molar-refractivity contribution in [3.05, 3.63) is 29.6 Å². The standard InChI is InChI=1S/C11H15F3N2/c1-2-3-9(15)6-10-5-4-8(7-16-10)11(12,13)14/h4-5,7,9H,2-3,6,15H2,1H3. The van der Waals surface area contributed by atoms with Crippen molar-refractivity contribution in [2.75, 3.05) is 0 Å². The Bertz CT molecular complexity index is 319. The molecule has 2 nitrogen and oxygen atoms in total. The zero-order valence-corrected chi connectivity index (χ0v) is 9.09. The highest BCUT2D eigenvalue weighted by Gasteiger charge is 2.30. The molecule has 0 aliphatic carbocycles. The fourth-order valence-corrected chi connectivity index (χ4v) is 1.45. The Morgan fingerprint density at radius 1 is 1.38 bits per heavy atom. The van der Waals surface area contributed by atoms with Crippen molar-refractivity contribution in [3.8, 4) is 0 Å². The van der Waals surface area contributed by atoms with Crippen LogP contribution < -0.4 is 5.73 Å². The second-order valence-corrected chi connectivity index (χ2v) is 3.79. The van der Waals surface area contributed by atoms with Gasteiger partial charge in [0.15, 0.2) is 0 Å². The van der Waals surface area contributed by atoms with Gasteiger partial charge in [-0.25, -0.2) is 0 Å². The summed E-state index contributed by atoms with van der Waals surface area (Å²) >= 11 is 0. The topological polar surface area (TPSA) is 38.9 Å². The molecular formula is C11H15F3N2. The summed E-state index contributed by atoms with van der Waals surface area (Å²) in [4.78, 5) is 3.77. The number of alkyl halides is 3. The quantitative estimate of drug-likeness (QED) is 0.866. The predicted molar refractivity (Wildman–Crippen MR) is 55.8 cm³/mol. The van der Waals surface area contributed by atoms with Crippen LogP contribution in [0.2, 0.25) is 0 Å². The van der Waals surface area contributed by atoms with Crippen molar-refractivity contribution in [3.63, 3.8) is 0 Å². The van der Waals surface area contributed by atoms with Gasteiger partial charge in [0.2, 0.25) is 0 Å². The van der Waals surface area contributed by atoms with Crippen LogP contribution in [0.3, 0.4) is 0 Å². The van der Waals surface area contributed by atoms with Crippen LogP contribution >= 0.6 is 0 Å². The van der Waals surface area contributed by atoms with E-state index in [1.165, 1.54) is 6.07 Å². The van der Waals surface area contributed by atoms with Gasteiger partial charge < -0.3 is 5.73 Å². The fourth-order valence-electron chi connectivity index (χ4n) is 1.45. The van der Waals surface area contributed by atoms with Crippen LogP contribution in [-0.4, -0.2) is 11.0 Å². The van der Waals surface area contributed by atoms with E-state index in [1.54, 1.807) is 0 Å². The molecule has 90 valence electrons. The average Bonchev–Trinajstić information content (AvgIpc) is 2.17. The number of aromatic nitrogens is 1. The summed E-state index contributed by atoms with van der Waals surface area (Å²) < 4.78 is 36.7. The van der Waals surface area contributed by atoms with Crippen molar-refractivity contribution in [1.29, 1.82) is 0 Å². The van der Waals surface area contributed by atoms with E-state index in [4.69, 9.17) is 5.73 Å². The van der Waals surface area contributed by atoms with E-state index >= 15 is 0 Å². The van der Waals surface area contributed by atoms with Gasteiger partial charge in [0.25, 0.3) is 0 Å². The molecule has 0 bridgehead atoms. The molecule has 1 rings (SSSR count). The van der Waals surface area contributed by atoms with E-state index in [1.807, 2.05) is 6.92 Å². The number of halogens is 3. The molecule has 5 heteroatoms. The van der Waals surface area contributed by atoms with Gasteiger partial charge in [-0.1, -0.05) is 13.3 Å². The van der Waals surface area contributed by atoms with Crippen LogP contribution in [0.25, 0.3) is 0 Å². The van der Waals surface area contributed by atoms with E-state index in [9.17, 15) is 13.2 Å². The first-order valence-electron chi connectivity index (χ1n) is 5.21. The highest BCUT2D eigenvalue weighted by molar-refractivity contribution is 5.17. The summed E-state index contributed by atoms with van der Waals surface area (Å²) in [6.07, 6.45) is -1.14. The molecule has 16 heavy (non-hydrogen) atoms. The summed E-state index contributed by atoms with van der Waals surface area (Å²) in [6.45, 7) is 2.01. The van der Waals surface area contributed by atoms with Crippen LogP contribution in [0.15, 0.2) is 18.3 Å². The monoisotopic (exact) mass is 232 g/mol. The second kappa shape index (κ2) is 5.30. The largest absolute Gasteiger partial charge is 0.417 e. The first kappa shape index (κ1) is 13.0. The Balaban J connectivity index is 2.65. The lowest BCUT2D eigenvalue weighted by Crippen LogP contribution is -2.23. The number of hydrogen-bond donors (Lipinski definition) is 1.